The summed E-state index contributed by atoms with van der Waals surface area (Å²) in [5.41, 5.74) is -0.162. The van der Waals surface area contributed by atoms with Crippen LogP contribution in [0.15, 0.2) is 46.1 Å². The van der Waals surface area contributed by atoms with Gasteiger partial charge in [-0.15, -0.1) is 0 Å². The van der Waals surface area contributed by atoms with E-state index in [0.717, 1.165) is 10.1 Å². The Hall–Kier alpha value is -2.34. The minimum atomic E-state index is -0.609. The number of aromatic amines is 1. The van der Waals surface area contributed by atoms with E-state index in [0.29, 0.717) is 11.4 Å². The van der Waals surface area contributed by atoms with Crippen LogP contribution >= 0.6 is 11.6 Å². The maximum Gasteiger partial charge on any atom is 0.328 e. The third-order valence-corrected chi connectivity index (χ3v) is 3.48. The van der Waals surface area contributed by atoms with Crippen LogP contribution < -0.4 is 16.6 Å². The molecule has 6 nitrogen and oxygen atoms in total. The van der Waals surface area contributed by atoms with E-state index >= 15 is 0 Å². The fraction of sp³-hybridized carbons (Fsp3) is 0.267. The first-order valence-electron chi connectivity index (χ1n) is 6.84. The zero-order valence-corrected chi connectivity index (χ0v) is 12.8. The minimum absolute atomic E-state index is 0.153. The van der Waals surface area contributed by atoms with Crippen LogP contribution in [0, 0.1) is 0 Å². The highest BCUT2D eigenvalue weighted by Crippen LogP contribution is 2.19. The number of halogens is 1. The molecule has 22 heavy (non-hydrogen) atoms. The quantitative estimate of drug-likeness (QED) is 0.874. The van der Waals surface area contributed by atoms with Crippen molar-refractivity contribution in [3.8, 4) is 0 Å². The van der Waals surface area contributed by atoms with E-state index in [-0.39, 0.29) is 18.5 Å². The normalized spacial score (nSPS) is 11.9. The summed E-state index contributed by atoms with van der Waals surface area (Å²) >= 11 is 5.85. The van der Waals surface area contributed by atoms with Gasteiger partial charge in [-0.1, -0.05) is 30.7 Å². The Kier molecular flexibility index (Phi) is 5.16. The van der Waals surface area contributed by atoms with Gasteiger partial charge in [0.2, 0.25) is 5.91 Å². The topological polar surface area (TPSA) is 84.0 Å². The van der Waals surface area contributed by atoms with Gasteiger partial charge in [-0.25, -0.2) is 4.79 Å². The predicted molar refractivity (Wildman–Crippen MR) is 83.9 cm³/mol. The van der Waals surface area contributed by atoms with Gasteiger partial charge in [-0.05, 0) is 24.1 Å². The zero-order chi connectivity index (χ0) is 16.1. The molecule has 0 spiro atoms. The van der Waals surface area contributed by atoms with Crippen LogP contribution in [0.4, 0.5) is 0 Å². The lowest BCUT2D eigenvalue weighted by molar-refractivity contribution is -0.122. The average molecular weight is 322 g/mol. The molecule has 0 fully saturated rings. The number of H-pyrrole nitrogens is 1. The lowest BCUT2D eigenvalue weighted by Gasteiger charge is -2.18. The Bertz CT molecular complexity index is 765. The average Bonchev–Trinajstić information content (AvgIpc) is 2.49. The number of carbonyl (C=O) groups is 1. The molecule has 116 valence electrons. The second-order valence-electron chi connectivity index (χ2n) is 4.82. The third kappa shape index (κ3) is 4.08. The summed E-state index contributed by atoms with van der Waals surface area (Å²) in [6, 6.07) is 8.26. The Balaban J connectivity index is 2.07. The SMILES string of the molecule is CCC(NC(=O)Cn1ccc(=O)[nH]c1=O)c1ccc(Cl)cc1. The van der Waals surface area contributed by atoms with Crippen molar-refractivity contribution in [2.75, 3.05) is 0 Å². The smallest absolute Gasteiger partial charge is 0.328 e. The highest BCUT2D eigenvalue weighted by Gasteiger charge is 2.13. The van der Waals surface area contributed by atoms with Gasteiger partial charge in [-0.3, -0.25) is 19.1 Å². The van der Waals surface area contributed by atoms with E-state index in [2.05, 4.69) is 10.3 Å². The first-order chi connectivity index (χ1) is 10.5. The molecule has 1 aromatic carbocycles. The molecule has 1 aromatic heterocycles. The van der Waals surface area contributed by atoms with Crippen molar-refractivity contribution in [2.24, 2.45) is 0 Å². The summed E-state index contributed by atoms with van der Waals surface area (Å²) in [4.78, 5) is 36.7. The summed E-state index contributed by atoms with van der Waals surface area (Å²) in [6.45, 7) is 1.80. The van der Waals surface area contributed by atoms with Crippen molar-refractivity contribution in [3.05, 3.63) is 68.0 Å². The molecule has 1 unspecified atom stereocenters. The van der Waals surface area contributed by atoms with Crippen LogP contribution in [0.25, 0.3) is 0 Å². The Morgan fingerprint density at radius 1 is 1.27 bits per heavy atom. The Morgan fingerprint density at radius 3 is 2.55 bits per heavy atom. The third-order valence-electron chi connectivity index (χ3n) is 3.23. The lowest BCUT2D eigenvalue weighted by Crippen LogP contribution is -2.36. The van der Waals surface area contributed by atoms with Gasteiger partial charge in [0.25, 0.3) is 5.56 Å². The van der Waals surface area contributed by atoms with E-state index in [9.17, 15) is 14.4 Å². The van der Waals surface area contributed by atoms with Crippen molar-refractivity contribution in [2.45, 2.75) is 25.9 Å². The van der Waals surface area contributed by atoms with Crippen LogP contribution in [0.3, 0.4) is 0 Å². The van der Waals surface area contributed by atoms with Crippen molar-refractivity contribution in [3.63, 3.8) is 0 Å². The maximum absolute atomic E-state index is 12.1. The monoisotopic (exact) mass is 321 g/mol. The molecular formula is C15H16ClN3O3. The van der Waals surface area contributed by atoms with Gasteiger partial charge in [0.1, 0.15) is 6.54 Å². The second-order valence-corrected chi connectivity index (χ2v) is 5.25. The molecule has 1 heterocycles. The number of hydrogen-bond acceptors (Lipinski definition) is 3. The molecule has 0 aliphatic rings. The number of aromatic nitrogens is 2. The molecule has 1 atom stereocenters. The molecule has 2 aromatic rings. The Labute approximate surface area is 131 Å². The van der Waals surface area contributed by atoms with Crippen molar-refractivity contribution < 1.29 is 4.79 Å². The summed E-state index contributed by atoms with van der Waals surface area (Å²) < 4.78 is 1.14. The molecule has 0 aliphatic carbocycles. The highest BCUT2D eigenvalue weighted by atomic mass is 35.5. The molecule has 0 aliphatic heterocycles. The predicted octanol–water partition coefficient (Wildman–Crippen LogP) is 1.46. The lowest BCUT2D eigenvalue weighted by atomic mass is 10.0. The van der Waals surface area contributed by atoms with Gasteiger partial charge >= 0.3 is 5.69 Å². The Morgan fingerprint density at radius 2 is 1.95 bits per heavy atom. The maximum atomic E-state index is 12.1. The largest absolute Gasteiger partial charge is 0.348 e. The van der Waals surface area contributed by atoms with E-state index in [4.69, 9.17) is 11.6 Å². The number of nitrogens with one attached hydrogen (secondary N) is 2. The first kappa shape index (κ1) is 16.0. The van der Waals surface area contributed by atoms with Gasteiger partial charge < -0.3 is 5.32 Å². The van der Waals surface area contributed by atoms with Crippen LogP contribution in [0.1, 0.15) is 24.9 Å². The number of amides is 1. The van der Waals surface area contributed by atoms with Gasteiger partial charge in [0, 0.05) is 17.3 Å². The number of benzene rings is 1. The second kappa shape index (κ2) is 7.09. The van der Waals surface area contributed by atoms with Gasteiger partial charge in [0.15, 0.2) is 0 Å². The molecule has 0 radical (unpaired) electrons. The zero-order valence-electron chi connectivity index (χ0n) is 12.0. The fourth-order valence-electron chi connectivity index (χ4n) is 2.08. The van der Waals surface area contributed by atoms with Crippen molar-refractivity contribution >= 4 is 17.5 Å². The molecule has 0 saturated heterocycles. The van der Waals surface area contributed by atoms with Crippen LogP contribution in [-0.2, 0) is 11.3 Å². The fourth-order valence-corrected chi connectivity index (χ4v) is 2.21. The van der Waals surface area contributed by atoms with Gasteiger partial charge in [0.05, 0.1) is 6.04 Å². The molecule has 2 N–H and O–H groups in total. The van der Waals surface area contributed by atoms with Crippen LogP contribution in [0.2, 0.25) is 5.02 Å². The summed E-state index contributed by atoms with van der Waals surface area (Å²) in [5.74, 6) is -0.309. The first-order valence-corrected chi connectivity index (χ1v) is 7.22. The molecule has 2 rings (SSSR count). The van der Waals surface area contributed by atoms with Crippen molar-refractivity contribution in [1.29, 1.82) is 0 Å². The molecular weight excluding hydrogens is 306 g/mol. The molecule has 7 heteroatoms. The van der Waals surface area contributed by atoms with E-state index in [1.54, 1.807) is 12.1 Å². The van der Waals surface area contributed by atoms with E-state index in [1.165, 1.54) is 12.3 Å². The molecule has 1 amide bonds. The summed E-state index contributed by atoms with van der Waals surface area (Å²) in [6.07, 6.45) is 2.00. The van der Waals surface area contributed by atoms with Crippen LogP contribution in [-0.4, -0.2) is 15.5 Å². The highest BCUT2D eigenvalue weighted by molar-refractivity contribution is 6.30. The summed E-state index contributed by atoms with van der Waals surface area (Å²) in [5, 5.41) is 3.49. The van der Waals surface area contributed by atoms with E-state index < -0.39 is 11.2 Å². The minimum Gasteiger partial charge on any atom is -0.348 e. The van der Waals surface area contributed by atoms with Gasteiger partial charge in [-0.2, -0.15) is 0 Å². The number of rotatable bonds is 5. The van der Waals surface area contributed by atoms with Crippen molar-refractivity contribution in [1.82, 2.24) is 14.9 Å². The summed E-state index contributed by atoms with van der Waals surface area (Å²) in [7, 11) is 0. The standard InChI is InChI=1S/C15H16ClN3O3/c1-2-12(10-3-5-11(16)6-4-10)17-14(21)9-19-8-7-13(20)18-15(19)22/h3-8,12H,2,9H2,1H3,(H,17,21)(H,18,20,22). The van der Waals surface area contributed by atoms with E-state index in [1.807, 2.05) is 19.1 Å². The number of nitrogens with zero attached hydrogens (tertiary/aromatic N) is 1. The molecule has 0 saturated carbocycles. The molecule has 0 bridgehead atoms. The van der Waals surface area contributed by atoms with Crippen LogP contribution in [0.5, 0.6) is 0 Å². The number of hydrogen-bond donors (Lipinski definition) is 2. The number of carbonyl (C=O) groups excluding carboxylic acids is 1.